The first-order chi connectivity index (χ1) is 14.1. The number of carbonyl (C=O) groups excluding carboxylic acids is 2. The Morgan fingerprint density at radius 2 is 2.07 bits per heavy atom. The Morgan fingerprint density at radius 1 is 1.24 bits per heavy atom. The van der Waals surface area contributed by atoms with E-state index < -0.39 is 5.97 Å². The Morgan fingerprint density at radius 3 is 2.83 bits per heavy atom. The predicted octanol–water partition coefficient (Wildman–Crippen LogP) is 3.85. The lowest BCUT2D eigenvalue weighted by Crippen LogP contribution is -2.26. The lowest BCUT2D eigenvalue weighted by molar-refractivity contribution is -0.123. The standard InChI is InChI=1S/C23H22N2O4/c1-14-10-15(12-16-6-5-9-28-16)22-18(11-14)21(23(27)29-13-20(26)24-2)17-7-3-4-8-19(17)25-22/h3-9,12,14H,10-11,13H2,1-2H3,(H,24,26)/b15-12+. The number of nitrogens with one attached hydrogen (secondary N) is 1. The van der Waals surface area contributed by atoms with Crippen LogP contribution in [0.5, 0.6) is 0 Å². The zero-order valence-electron chi connectivity index (χ0n) is 16.4. The second-order valence-corrected chi connectivity index (χ2v) is 7.28. The van der Waals surface area contributed by atoms with Crippen molar-refractivity contribution < 1.29 is 18.7 Å². The molecule has 148 valence electrons. The van der Waals surface area contributed by atoms with Gasteiger partial charge in [-0.1, -0.05) is 25.1 Å². The van der Waals surface area contributed by atoms with Crippen molar-refractivity contribution in [1.82, 2.24) is 10.3 Å². The highest BCUT2D eigenvalue weighted by Crippen LogP contribution is 2.38. The molecule has 0 saturated heterocycles. The molecule has 1 aliphatic rings. The highest BCUT2D eigenvalue weighted by atomic mass is 16.5. The van der Waals surface area contributed by atoms with Crippen molar-refractivity contribution in [2.75, 3.05) is 13.7 Å². The lowest BCUT2D eigenvalue weighted by Gasteiger charge is -2.26. The molecular weight excluding hydrogens is 368 g/mol. The lowest BCUT2D eigenvalue weighted by atomic mass is 9.81. The average Bonchev–Trinajstić information content (AvgIpc) is 3.23. The smallest absolute Gasteiger partial charge is 0.339 e. The fourth-order valence-electron chi connectivity index (χ4n) is 3.79. The molecule has 1 aliphatic carbocycles. The van der Waals surface area contributed by atoms with E-state index in [4.69, 9.17) is 14.1 Å². The number of para-hydroxylation sites is 1. The molecule has 0 radical (unpaired) electrons. The predicted molar refractivity (Wildman–Crippen MR) is 110 cm³/mol. The van der Waals surface area contributed by atoms with Crippen LogP contribution in [0.3, 0.4) is 0 Å². The van der Waals surface area contributed by atoms with Crippen LogP contribution in [0, 0.1) is 5.92 Å². The number of aromatic nitrogens is 1. The van der Waals surface area contributed by atoms with Gasteiger partial charge in [-0.25, -0.2) is 9.78 Å². The third kappa shape index (κ3) is 3.78. The van der Waals surface area contributed by atoms with E-state index in [1.807, 2.05) is 42.5 Å². The van der Waals surface area contributed by atoms with Gasteiger partial charge in [-0.15, -0.1) is 0 Å². The van der Waals surface area contributed by atoms with E-state index in [-0.39, 0.29) is 12.5 Å². The molecule has 4 rings (SSSR count). The Bertz CT molecular complexity index is 1100. The largest absolute Gasteiger partial charge is 0.465 e. The van der Waals surface area contributed by atoms with Gasteiger partial charge in [-0.3, -0.25) is 4.79 Å². The number of benzene rings is 1. The fourth-order valence-corrected chi connectivity index (χ4v) is 3.79. The molecule has 1 N–H and O–H groups in total. The maximum atomic E-state index is 13.0. The topological polar surface area (TPSA) is 81.4 Å². The summed E-state index contributed by atoms with van der Waals surface area (Å²) in [7, 11) is 1.51. The minimum atomic E-state index is -0.505. The molecule has 1 aromatic carbocycles. The summed E-state index contributed by atoms with van der Waals surface area (Å²) in [6.07, 6.45) is 5.17. The maximum absolute atomic E-state index is 13.0. The number of nitrogens with zero attached hydrogens (tertiary/aromatic N) is 1. The molecule has 6 nitrogen and oxygen atoms in total. The van der Waals surface area contributed by atoms with Crippen LogP contribution in [0.25, 0.3) is 22.6 Å². The first kappa shape index (κ1) is 18.9. The molecular formula is C23H22N2O4. The van der Waals surface area contributed by atoms with Crippen LogP contribution >= 0.6 is 0 Å². The zero-order chi connectivity index (χ0) is 20.4. The number of hydrogen-bond donors (Lipinski definition) is 1. The van der Waals surface area contributed by atoms with Crippen molar-refractivity contribution in [3.05, 3.63) is 65.2 Å². The van der Waals surface area contributed by atoms with Gasteiger partial charge >= 0.3 is 5.97 Å². The molecule has 1 atom stereocenters. The molecule has 0 saturated carbocycles. The third-order valence-electron chi connectivity index (χ3n) is 5.10. The van der Waals surface area contributed by atoms with Crippen LogP contribution in [-0.4, -0.2) is 30.5 Å². The Balaban J connectivity index is 1.87. The Hall–Kier alpha value is -3.41. The van der Waals surface area contributed by atoms with Gasteiger partial charge in [0.15, 0.2) is 6.61 Å². The van der Waals surface area contributed by atoms with Gasteiger partial charge in [0.25, 0.3) is 5.91 Å². The molecule has 3 aromatic rings. The summed E-state index contributed by atoms with van der Waals surface area (Å²) in [6, 6.07) is 11.3. The second-order valence-electron chi connectivity index (χ2n) is 7.28. The summed E-state index contributed by atoms with van der Waals surface area (Å²) in [5.41, 5.74) is 3.90. The number of ether oxygens (including phenoxy) is 1. The molecule has 2 heterocycles. The van der Waals surface area contributed by atoms with Crippen molar-refractivity contribution in [1.29, 1.82) is 0 Å². The van der Waals surface area contributed by atoms with Crippen molar-refractivity contribution in [2.24, 2.45) is 5.92 Å². The van der Waals surface area contributed by atoms with Crippen molar-refractivity contribution >= 4 is 34.4 Å². The number of esters is 1. The fraction of sp³-hybridized carbons (Fsp3) is 0.261. The summed E-state index contributed by atoms with van der Waals surface area (Å²) in [6.45, 7) is 1.83. The highest BCUT2D eigenvalue weighted by Gasteiger charge is 2.29. The number of carbonyl (C=O) groups is 2. The van der Waals surface area contributed by atoms with Crippen molar-refractivity contribution in [2.45, 2.75) is 19.8 Å². The number of amides is 1. The molecule has 1 unspecified atom stereocenters. The van der Waals surface area contributed by atoms with Gasteiger partial charge in [-0.2, -0.15) is 0 Å². The molecule has 6 heteroatoms. The molecule has 0 fully saturated rings. The number of fused-ring (bicyclic) bond motifs is 2. The van der Waals surface area contributed by atoms with E-state index in [0.717, 1.165) is 39.9 Å². The minimum Gasteiger partial charge on any atom is -0.465 e. The van der Waals surface area contributed by atoms with Crippen LogP contribution in [0.1, 0.15) is 40.7 Å². The normalized spacial score (nSPS) is 17.2. The molecule has 0 aliphatic heterocycles. The van der Waals surface area contributed by atoms with Gasteiger partial charge in [0.2, 0.25) is 0 Å². The maximum Gasteiger partial charge on any atom is 0.339 e. The van der Waals surface area contributed by atoms with Gasteiger partial charge in [0.05, 0.1) is 23.0 Å². The van der Waals surface area contributed by atoms with E-state index in [0.29, 0.717) is 17.9 Å². The average molecular weight is 390 g/mol. The molecule has 2 aromatic heterocycles. The van der Waals surface area contributed by atoms with Crippen LogP contribution in [0.2, 0.25) is 0 Å². The van der Waals surface area contributed by atoms with Crippen molar-refractivity contribution in [3.8, 4) is 0 Å². The van der Waals surface area contributed by atoms with E-state index >= 15 is 0 Å². The summed E-state index contributed by atoms with van der Waals surface area (Å²) in [5, 5.41) is 3.20. The number of hydrogen-bond acceptors (Lipinski definition) is 5. The van der Waals surface area contributed by atoms with Gasteiger partial charge < -0.3 is 14.5 Å². The van der Waals surface area contributed by atoms with Crippen LogP contribution in [0.4, 0.5) is 0 Å². The minimum absolute atomic E-state index is 0.314. The quantitative estimate of drug-likeness (QED) is 0.684. The number of rotatable bonds is 4. The van der Waals surface area contributed by atoms with Gasteiger partial charge in [0.1, 0.15) is 5.76 Å². The number of likely N-dealkylation sites (N-methyl/N-ethyl adjacent to an activating group) is 1. The highest BCUT2D eigenvalue weighted by molar-refractivity contribution is 6.07. The summed E-state index contributed by atoms with van der Waals surface area (Å²) < 4.78 is 10.8. The van der Waals surface area contributed by atoms with E-state index in [1.165, 1.54) is 7.05 Å². The van der Waals surface area contributed by atoms with E-state index in [1.54, 1.807) is 6.26 Å². The molecule has 29 heavy (non-hydrogen) atoms. The molecule has 1 amide bonds. The number of pyridine rings is 1. The van der Waals surface area contributed by atoms with Gasteiger partial charge in [-0.05, 0) is 54.2 Å². The zero-order valence-corrected chi connectivity index (χ0v) is 16.4. The van der Waals surface area contributed by atoms with Gasteiger partial charge in [0, 0.05) is 12.4 Å². The van der Waals surface area contributed by atoms with Crippen LogP contribution < -0.4 is 5.32 Å². The number of allylic oxidation sites excluding steroid dienone is 1. The number of furan rings is 1. The Labute approximate surface area is 168 Å². The summed E-state index contributed by atoms with van der Waals surface area (Å²) in [4.78, 5) is 29.4. The third-order valence-corrected chi connectivity index (χ3v) is 5.10. The molecule has 0 spiro atoms. The van der Waals surface area contributed by atoms with Crippen LogP contribution in [-0.2, 0) is 16.0 Å². The first-order valence-electron chi connectivity index (χ1n) is 9.60. The first-order valence-corrected chi connectivity index (χ1v) is 9.60. The van der Waals surface area contributed by atoms with Crippen molar-refractivity contribution in [3.63, 3.8) is 0 Å². The second kappa shape index (κ2) is 7.91. The summed E-state index contributed by atoms with van der Waals surface area (Å²) in [5.74, 6) is 0.225. The molecule has 0 bridgehead atoms. The van der Waals surface area contributed by atoms with E-state index in [2.05, 4.69) is 12.2 Å². The SMILES string of the molecule is CNC(=O)COC(=O)c1c2c(nc3ccccc13)/C(=C/c1ccco1)CC(C)C2. The van der Waals surface area contributed by atoms with E-state index in [9.17, 15) is 9.59 Å². The van der Waals surface area contributed by atoms with Crippen LogP contribution in [0.15, 0.2) is 47.1 Å². The Kier molecular flexibility index (Phi) is 5.16. The monoisotopic (exact) mass is 390 g/mol. The summed E-state index contributed by atoms with van der Waals surface area (Å²) >= 11 is 0.